The van der Waals surface area contributed by atoms with Crippen LogP contribution in [0.5, 0.6) is 0 Å². The largest absolute Gasteiger partial charge is 0.368 e. The van der Waals surface area contributed by atoms with Crippen molar-refractivity contribution in [2.45, 2.75) is 12.8 Å². The highest BCUT2D eigenvalue weighted by Crippen LogP contribution is 2.29. The van der Waals surface area contributed by atoms with Crippen molar-refractivity contribution < 1.29 is 0 Å². The molecular formula is C19H17N5. The summed E-state index contributed by atoms with van der Waals surface area (Å²) in [4.78, 5) is 9.05. The number of imidazole rings is 1. The third-order valence-electron chi connectivity index (χ3n) is 4.54. The van der Waals surface area contributed by atoms with Crippen molar-refractivity contribution in [3.05, 3.63) is 54.9 Å². The highest BCUT2D eigenvalue weighted by molar-refractivity contribution is 5.92. The number of rotatable bonds is 4. The molecule has 5 heteroatoms. The fourth-order valence-electron chi connectivity index (χ4n) is 3.03. The van der Waals surface area contributed by atoms with Crippen molar-refractivity contribution >= 4 is 22.4 Å². The summed E-state index contributed by atoms with van der Waals surface area (Å²) in [7, 11) is 0. The fourth-order valence-corrected chi connectivity index (χ4v) is 3.03. The van der Waals surface area contributed by atoms with Crippen LogP contribution in [0.4, 0.5) is 5.82 Å². The quantitative estimate of drug-likeness (QED) is 0.623. The highest BCUT2D eigenvalue weighted by Gasteiger charge is 2.21. The van der Waals surface area contributed by atoms with Gasteiger partial charge in [0.05, 0.1) is 17.4 Å². The van der Waals surface area contributed by atoms with Crippen molar-refractivity contribution in [3.8, 4) is 11.3 Å². The molecule has 4 aromatic rings. The first-order valence-electron chi connectivity index (χ1n) is 8.31. The second-order valence-corrected chi connectivity index (χ2v) is 6.34. The first-order chi connectivity index (χ1) is 11.9. The zero-order chi connectivity index (χ0) is 15.9. The van der Waals surface area contributed by atoms with Crippen LogP contribution in [0.1, 0.15) is 12.8 Å². The number of nitrogens with one attached hydrogen (secondary N) is 1. The van der Waals surface area contributed by atoms with Crippen molar-refractivity contribution in [3.63, 3.8) is 0 Å². The summed E-state index contributed by atoms with van der Waals surface area (Å²) in [5.74, 6) is 1.70. The van der Waals surface area contributed by atoms with Crippen LogP contribution in [-0.2, 0) is 0 Å². The Bertz CT molecular complexity index is 1030. The molecule has 0 atom stereocenters. The monoisotopic (exact) mass is 315 g/mol. The van der Waals surface area contributed by atoms with E-state index in [1.807, 2.05) is 41.2 Å². The maximum atomic E-state index is 4.73. The lowest BCUT2D eigenvalue weighted by Gasteiger charge is -2.07. The number of benzene rings is 1. The van der Waals surface area contributed by atoms with Crippen LogP contribution in [0.3, 0.4) is 0 Å². The van der Waals surface area contributed by atoms with E-state index in [1.54, 1.807) is 0 Å². The van der Waals surface area contributed by atoms with Gasteiger partial charge in [0.2, 0.25) is 0 Å². The lowest BCUT2D eigenvalue weighted by molar-refractivity contribution is 0.862. The van der Waals surface area contributed by atoms with Crippen molar-refractivity contribution in [2.24, 2.45) is 5.92 Å². The third-order valence-corrected chi connectivity index (χ3v) is 4.54. The smallest absolute Gasteiger partial charge is 0.154 e. The van der Waals surface area contributed by atoms with Crippen molar-refractivity contribution in [1.29, 1.82) is 0 Å². The molecule has 0 saturated heterocycles. The summed E-state index contributed by atoms with van der Waals surface area (Å²) < 4.78 is 1.90. The number of aromatic nitrogens is 4. The number of para-hydroxylation sites is 1. The molecule has 118 valence electrons. The molecule has 0 bridgehead atoms. The summed E-state index contributed by atoms with van der Waals surface area (Å²) in [6, 6.07) is 14.2. The highest BCUT2D eigenvalue weighted by atomic mass is 15.3. The summed E-state index contributed by atoms with van der Waals surface area (Å²) in [5, 5.41) is 9.28. The van der Waals surface area contributed by atoms with Gasteiger partial charge in [-0.15, -0.1) is 5.10 Å². The molecule has 1 aliphatic carbocycles. The molecule has 24 heavy (non-hydrogen) atoms. The first kappa shape index (κ1) is 13.5. The molecule has 0 unspecified atom stereocenters. The van der Waals surface area contributed by atoms with Gasteiger partial charge in [-0.05, 0) is 37.0 Å². The van der Waals surface area contributed by atoms with Crippen LogP contribution in [-0.4, -0.2) is 26.1 Å². The second kappa shape index (κ2) is 5.30. The molecule has 1 saturated carbocycles. The Labute approximate surface area is 139 Å². The topological polar surface area (TPSA) is 55.1 Å². The van der Waals surface area contributed by atoms with E-state index in [0.29, 0.717) is 0 Å². The predicted molar refractivity (Wildman–Crippen MR) is 94.9 cm³/mol. The van der Waals surface area contributed by atoms with Crippen LogP contribution in [0.2, 0.25) is 0 Å². The molecule has 5 nitrogen and oxygen atoms in total. The second-order valence-electron chi connectivity index (χ2n) is 6.34. The fraction of sp³-hybridized carbons (Fsp3) is 0.211. The van der Waals surface area contributed by atoms with Crippen molar-refractivity contribution in [2.75, 3.05) is 11.9 Å². The molecule has 1 aliphatic rings. The van der Waals surface area contributed by atoms with Gasteiger partial charge in [-0.1, -0.05) is 24.3 Å². The Kier molecular flexibility index (Phi) is 2.98. The average molecular weight is 315 g/mol. The average Bonchev–Trinajstić information content (AvgIpc) is 3.37. The predicted octanol–water partition coefficient (Wildman–Crippen LogP) is 3.77. The van der Waals surface area contributed by atoms with Gasteiger partial charge in [0.25, 0.3) is 0 Å². The van der Waals surface area contributed by atoms with E-state index in [-0.39, 0.29) is 0 Å². The van der Waals surface area contributed by atoms with Crippen molar-refractivity contribution in [1.82, 2.24) is 19.6 Å². The van der Waals surface area contributed by atoms with E-state index in [2.05, 4.69) is 33.5 Å². The maximum absolute atomic E-state index is 4.73. The van der Waals surface area contributed by atoms with E-state index in [9.17, 15) is 0 Å². The minimum Gasteiger partial charge on any atom is -0.368 e. The van der Waals surface area contributed by atoms with Gasteiger partial charge < -0.3 is 5.32 Å². The Morgan fingerprint density at radius 3 is 2.88 bits per heavy atom. The molecule has 0 radical (unpaired) electrons. The van der Waals surface area contributed by atoms with E-state index in [4.69, 9.17) is 5.10 Å². The number of hydrogen-bond acceptors (Lipinski definition) is 4. The molecule has 1 fully saturated rings. The van der Waals surface area contributed by atoms with Gasteiger partial charge >= 0.3 is 0 Å². The normalized spacial score (nSPS) is 14.3. The lowest BCUT2D eigenvalue weighted by Crippen LogP contribution is -2.07. The number of hydrogen-bond donors (Lipinski definition) is 1. The molecule has 3 aromatic heterocycles. The molecule has 0 spiro atoms. The summed E-state index contributed by atoms with van der Waals surface area (Å²) >= 11 is 0. The van der Waals surface area contributed by atoms with Gasteiger partial charge in [-0.2, -0.15) is 0 Å². The lowest BCUT2D eigenvalue weighted by atomic mass is 10.1. The third kappa shape index (κ3) is 2.29. The standard InChI is InChI=1S/C19H17N5/c1-3-14-4-2-10-20-19(14)15(5-1)16-12-22-18-9-8-17(23-24(16)18)21-11-13-6-7-13/h1-5,8-10,12-13H,6-7,11H2,(H,21,23). The van der Waals surface area contributed by atoms with E-state index >= 15 is 0 Å². The van der Waals surface area contributed by atoms with Crippen LogP contribution < -0.4 is 5.32 Å². The van der Waals surface area contributed by atoms with Gasteiger partial charge in [0.1, 0.15) is 5.82 Å². The van der Waals surface area contributed by atoms with Crippen LogP contribution in [0.15, 0.2) is 54.9 Å². The Hall–Kier alpha value is -2.95. The Morgan fingerprint density at radius 1 is 1.04 bits per heavy atom. The Balaban J connectivity index is 1.63. The Morgan fingerprint density at radius 2 is 1.96 bits per heavy atom. The maximum Gasteiger partial charge on any atom is 0.154 e. The summed E-state index contributed by atoms with van der Waals surface area (Å²) in [5.41, 5.74) is 3.83. The first-order valence-corrected chi connectivity index (χ1v) is 8.31. The van der Waals surface area contributed by atoms with Gasteiger partial charge in [0.15, 0.2) is 5.65 Å². The zero-order valence-electron chi connectivity index (χ0n) is 13.2. The molecular weight excluding hydrogens is 298 g/mol. The minimum absolute atomic E-state index is 0.812. The van der Waals surface area contributed by atoms with Gasteiger partial charge in [-0.3, -0.25) is 4.98 Å². The molecule has 3 heterocycles. The van der Waals surface area contributed by atoms with E-state index in [0.717, 1.165) is 46.1 Å². The van der Waals surface area contributed by atoms with Gasteiger partial charge in [-0.25, -0.2) is 9.50 Å². The van der Waals surface area contributed by atoms with Crippen LogP contribution in [0, 0.1) is 5.92 Å². The molecule has 1 aromatic carbocycles. The molecule has 0 amide bonds. The molecule has 0 aliphatic heterocycles. The molecule has 1 N–H and O–H groups in total. The van der Waals surface area contributed by atoms with Crippen LogP contribution >= 0.6 is 0 Å². The van der Waals surface area contributed by atoms with Gasteiger partial charge in [0, 0.05) is 23.7 Å². The van der Waals surface area contributed by atoms with Crippen LogP contribution in [0.25, 0.3) is 27.8 Å². The SMILES string of the molecule is c1cnc2c(-c3cnc4ccc(NCC5CC5)nn34)cccc2c1. The minimum atomic E-state index is 0.812. The summed E-state index contributed by atoms with van der Waals surface area (Å²) in [6.45, 7) is 0.998. The number of anilines is 1. The number of fused-ring (bicyclic) bond motifs is 2. The zero-order valence-corrected chi connectivity index (χ0v) is 13.2. The van der Waals surface area contributed by atoms with E-state index < -0.39 is 0 Å². The number of nitrogens with zero attached hydrogens (tertiary/aromatic N) is 4. The van der Waals surface area contributed by atoms with E-state index in [1.165, 1.54) is 12.8 Å². The number of pyridine rings is 1. The molecule has 5 rings (SSSR count). The summed E-state index contributed by atoms with van der Waals surface area (Å²) in [6.07, 6.45) is 6.35.